The van der Waals surface area contributed by atoms with Crippen LogP contribution in [-0.2, 0) is 16.1 Å². The first-order valence-electron chi connectivity index (χ1n) is 8.80. The van der Waals surface area contributed by atoms with Gasteiger partial charge >= 0.3 is 12.1 Å². The number of nitrogens with zero attached hydrogens (tertiary/aromatic N) is 1. The van der Waals surface area contributed by atoms with Crippen molar-refractivity contribution >= 4 is 17.3 Å². The molecule has 0 radical (unpaired) electrons. The van der Waals surface area contributed by atoms with Gasteiger partial charge in [-0.25, -0.2) is 4.79 Å². The predicted molar refractivity (Wildman–Crippen MR) is 94.1 cm³/mol. The molecule has 1 N–H and O–H groups in total. The van der Waals surface area contributed by atoms with Gasteiger partial charge in [0.1, 0.15) is 0 Å². The summed E-state index contributed by atoms with van der Waals surface area (Å²) in [5.41, 5.74) is 0.223. The van der Waals surface area contributed by atoms with E-state index in [1.165, 1.54) is 37.2 Å². The number of hydrogen-bond donors (Lipinski definition) is 1. The Balaban J connectivity index is 0.000000298. The Morgan fingerprint density at radius 1 is 1.42 bits per heavy atom. The number of halogens is 3. The van der Waals surface area contributed by atoms with Gasteiger partial charge in [0.25, 0.3) is 0 Å². The Morgan fingerprint density at radius 3 is 2.46 bits per heavy atom. The van der Waals surface area contributed by atoms with Crippen LogP contribution < -0.4 is 0 Å². The van der Waals surface area contributed by atoms with Gasteiger partial charge in [0, 0.05) is 24.5 Å². The van der Waals surface area contributed by atoms with Crippen LogP contribution in [0.4, 0.5) is 13.2 Å². The van der Waals surface area contributed by atoms with Crippen LogP contribution in [-0.4, -0.2) is 47.4 Å². The van der Waals surface area contributed by atoms with Crippen LogP contribution in [0.1, 0.15) is 38.0 Å². The number of carbonyl (C=O) groups is 1. The molecule has 1 atom stereocenters. The van der Waals surface area contributed by atoms with E-state index in [1.807, 2.05) is 11.3 Å². The van der Waals surface area contributed by atoms with Gasteiger partial charge in [-0.15, -0.1) is 11.3 Å². The summed E-state index contributed by atoms with van der Waals surface area (Å²) >= 11 is 1.87. The van der Waals surface area contributed by atoms with E-state index in [0.717, 1.165) is 25.0 Å². The molecule has 0 bridgehead atoms. The monoisotopic (exact) mass is 393 g/mol. The van der Waals surface area contributed by atoms with Crippen molar-refractivity contribution < 1.29 is 27.8 Å². The number of carboxylic acid groups (broad SMARTS) is 1. The van der Waals surface area contributed by atoms with Crippen molar-refractivity contribution in [2.24, 2.45) is 11.8 Å². The summed E-state index contributed by atoms with van der Waals surface area (Å²) in [6, 6.07) is 4.40. The lowest BCUT2D eigenvalue weighted by molar-refractivity contribution is -0.192. The zero-order valence-corrected chi connectivity index (χ0v) is 15.9. The Hall–Kier alpha value is -1.12. The normalized spacial score (nSPS) is 23.1. The number of rotatable bonds is 3. The number of hydrogen-bond acceptors (Lipinski definition) is 4. The van der Waals surface area contributed by atoms with E-state index in [0.29, 0.717) is 0 Å². The summed E-state index contributed by atoms with van der Waals surface area (Å²) in [5, 5.41) is 9.30. The Kier molecular flexibility index (Phi) is 7.10. The van der Waals surface area contributed by atoms with Gasteiger partial charge in [0.2, 0.25) is 0 Å². The molecule has 4 nitrogen and oxygen atoms in total. The molecule has 2 saturated heterocycles. The summed E-state index contributed by atoms with van der Waals surface area (Å²) in [7, 11) is 0. The molecule has 1 aromatic rings. The van der Waals surface area contributed by atoms with Gasteiger partial charge in [-0.05, 0) is 42.5 Å². The predicted octanol–water partition coefficient (Wildman–Crippen LogP) is 4.41. The molecule has 2 aliphatic heterocycles. The number of alkyl halides is 3. The van der Waals surface area contributed by atoms with Crippen molar-refractivity contribution in [2.45, 2.75) is 51.4 Å². The zero-order valence-electron chi connectivity index (χ0n) is 15.1. The molecule has 0 aliphatic carbocycles. The van der Waals surface area contributed by atoms with Crippen molar-refractivity contribution in [1.82, 2.24) is 4.90 Å². The van der Waals surface area contributed by atoms with E-state index in [9.17, 15) is 13.2 Å². The molecular formula is C18H26F3NO3S. The molecule has 0 amide bonds. The quantitative estimate of drug-likeness (QED) is 0.827. The van der Waals surface area contributed by atoms with Crippen molar-refractivity contribution in [1.29, 1.82) is 0 Å². The van der Waals surface area contributed by atoms with Crippen LogP contribution in [0, 0.1) is 11.8 Å². The maximum atomic E-state index is 10.6. The minimum absolute atomic E-state index is 0.223. The molecule has 0 aromatic carbocycles. The molecule has 3 heterocycles. The Morgan fingerprint density at radius 2 is 2.04 bits per heavy atom. The highest BCUT2D eigenvalue weighted by Crippen LogP contribution is 2.41. The fourth-order valence-electron chi connectivity index (χ4n) is 3.40. The minimum Gasteiger partial charge on any atom is -0.475 e. The third-order valence-corrected chi connectivity index (χ3v) is 6.01. The number of aliphatic carboxylic acids is 1. The Labute approximate surface area is 156 Å². The number of likely N-dealkylation sites (tertiary alicyclic amines) is 1. The summed E-state index contributed by atoms with van der Waals surface area (Å²) in [6.07, 6.45) is -1.35. The molecule has 8 heteroatoms. The highest BCUT2D eigenvalue weighted by Gasteiger charge is 2.43. The SMILES string of the molecule is CC(C)C1COC2(CCN(Cc3cccs3)CC2)C1.O=C(O)C(F)(F)F. The standard InChI is InChI=1S/C16H25NOS.C2HF3O2/c1-13(2)14-10-16(18-12-14)5-7-17(8-6-16)11-15-4-3-9-19-15;3-2(4,5)1(6)7/h3-4,9,13-14H,5-8,10-12H2,1-2H3;(H,6,7). The number of ether oxygens (including phenoxy) is 1. The molecule has 26 heavy (non-hydrogen) atoms. The lowest BCUT2D eigenvalue weighted by atomic mass is 9.82. The van der Waals surface area contributed by atoms with E-state index in [1.54, 1.807) is 0 Å². The largest absolute Gasteiger partial charge is 0.490 e. The first kappa shape index (κ1) is 21.2. The van der Waals surface area contributed by atoms with E-state index in [-0.39, 0.29) is 5.60 Å². The van der Waals surface area contributed by atoms with Crippen LogP contribution in [0.15, 0.2) is 17.5 Å². The Bertz CT molecular complexity index is 567. The fraction of sp³-hybridized carbons (Fsp3) is 0.722. The van der Waals surface area contributed by atoms with Crippen LogP contribution >= 0.6 is 11.3 Å². The molecule has 148 valence electrons. The van der Waals surface area contributed by atoms with Crippen molar-refractivity contribution in [2.75, 3.05) is 19.7 Å². The maximum Gasteiger partial charge on any atom is 0.490 e. The average molecular weight is 393 g/mol. The van der Waals surface area contributed by atoms with Crippen molar-refractivity contribution in [3.8, 4) is 0 Å². The lowest BCUT2D eigenvalue weighted by Gasteiger charge is -2.38. The third-order valence-electron chi connectivity index (χ3n) is 5.15. The molecule has 2 aliphatic rings. The second kappa shape index (κ2) is 8.71. The fourth-order valence-corrected chi connectivity index (χ4v) is 4.14. The van der Waals surface area contributed by atoms with Gasteiger partial charge in [0.05, 0.1) is 12.2 Å². The van der Waals surface area contributed by atoms with Crippen LogP contribution in [0.25, 0.3) is 0 Å². The van der Waals surface area contributed by atoms with Gasteiger partial charge in [0.15, 0.2) is 0 Å². The van der Waals surface area contributed by atoms with E-state index in [2.05, 4.69) is 36.3 Å². The first-order valence-corrected chi connectivity index (χ1v) is 9.68. The van der Waals surface area contributed by atoms with Gasteiger partial charge in [-0.3, -0.25) is 4.90 Å². The highest BCUT2D eigenvalue weighted by atomic mass is 32.1. The first-order chi connectivity index (χ1) is 12.1. The number of piperidine rings is 1. The van der Waals surface area contributed by atoms with Gasteiger partial charge in [-0.2, -0.15) is 13.2 Å². The second-order valence-electron chi connectivity index (χ2n) is 7.36. The van der Waals surface area contributed by atoms with Crippen LogP contribution in [0.5, 0.6) is 0 Å². The zero-order chi connectivity index (χ0) is 19.4. The minimum atomic E-state index is -5.08. The molecule has 3 rings (SSSR count). The average Bonchev–Trinajstić information content (AvgIpc) is 3.20. The summed E-state index contributed by atoms with van der Waals surface area (Å²) in [4.78, 5) is 13.0. The second-order valence-corrected chi connectivity index (χ2v) is 8.39. The topological polar surface area (TPSA) is 49.8 Å². The van der Waals surface area contributed by atoms with Crippen molar-refractivity contribution in [3.05, 3.63) is 22.4 Å². The highest BCUT2D eigenvalue weighted by molar-refractivity contribution is 7.09. The lowest BCUT2D eigenvalue weighted by Crippen LogP contribution is -2.43. The molecule has 1 unspecified atom stereocenters. The molecule has 0 saturated carbocycles. The van der Waals surface area contributed by atoms with Crippen LogP contribution in [0.3, 0.4) is 0 Å². The molecule has 1 aromatic heterocycles. The maximum absolute atomic E-state index is 10.6. The van der Waals surface area contributed by atoms with Gasteiger partial charge < -0.3 is 9.84 Å². The van der Waals surface area contributed by atoms with E-state index >= 15 is 0 Å². The summed E-state index contributed by atoms with van der Waals surface area (Å²) in [5.74, 6) is -1.21. The molecule has 1 spiro atoms. The van der Waals surface area contributed by atoms with E-state index < -0.39 is 12.1 Å². The summed E-state index contributed by atoms with van der Waals surface area (Å²) < 4.78 is 38.0. The van der Waals surface area contributed by atoms with E-state index in [4.69, 9.17) is 14.6 Å². The summed E-state index contributed by atoms with van der Waals surface area (Å²) in [6.45, 7) is 9.17. The van der Waals surface area contributed by atoms with Crippen LogP contribution in [0.2, 0.25) is 0 Å². The number of carboxylic acids is 1. The third kappa shape index (κ3) is 5.96. The number of thiophene rings is 1. The molecule has 2 fully saturated rings. The van der Waals surface area contributed by atoms with Gasteiger partial charge in [-0.1, -0.05) is 19.9 Å². The van der Waals surface area contributed by atoms with Crippen molar-refractivity contribution in [3.63, 3.8) is 0 Å². The smallest absolute Gasteiger partial charge is 0.475 e. The molecular weight excluding hydrogens is 367 g/mol.